The summed E-state index contributed by atoms with van der Waals surface area (Å²) in [7, 11) is 1.68. The lowest BCUT2D eigenvalue weighted by Crippen LogP contribution is -2.34. The Bertz CT molecular complexity index is 1170. The van der Waals surface area contributed by atoms with Crippen LogP contribution in [0.1, 0.15) is 24.4 Å². The molecule has 4 aromatic rings. The molecule has 0 spiro atoms. The van der Waals surface area contributed by atoms with Gasteiger partial charge in [0.1, 0.15) is 5.75 Å². The summed E-state index contributed by atoms with van der Waals surface area (Å²) in [5.74, 6) is 0.371. The fraction of sp³-hybridized carbons (Fsp3) is 0.304. The molecule has 0 saturated carbocycles. The molecule has 0 aliphatic carbocycles. The van der Waals surface area contributed by atoms with Gasteiger partial charge >= 0.3 is 0 Å². The smallest absolute Gasteiger partial charge is 0.212 e. The van der Waals surface area contributed by atoms with Crippen molar-refractivity contribution in [2.24, 2.45) is 0 Å². The predicted octanol–water partition coefficient (Wildman–Crippen LogP) is 3.87. The molecule has 8 heteroatoms. The maximum atomic E-state index is 13.1. The number of benzene rings is 1. The maximum Gasteiger partial charge on any atom is 0.212 e. The maximum absolute atomic E-state index is 13.1. The lowest BCUT2D eigenvalue weighted by Gasteiger charge is -2.32. The number of piperidine rings is 1. The summed E-state index contributed by atoms with van der Waals surface area (Å²) >= 11 is 0. The topological polar surface area (TPSA) is 69.0 Å². The number of nitrogens with zero attached hydrogens (tertiary/aromatic N) is 6. The molecule has 0 amide bonds. The zero-order valence-corrected chi connectivity index (χ0v) is 17.3. The number of imidazole rings is 1. The summed E-state index contributed by atoms with van der Waals surface area (Å²) in [6.45, 7) is 2.94. The van der Waals surface area contributed by atoms with Crippen molar-refractivity contribution in [2.45, 2.75) is 25.4 Å². The Kier molecular flexibility index (Phi) is 5.30. The van der Waals surface area contributed by atoms with Crippen LogP contribution in [0.25, 0.3) is 22.6 Å². The van der Waals surface area contributed by atoms with Crippen LogP contribution in [0.15, 0.2) is 55.1 Å². The van der Waals surface area contributed by atoms with Gasteiger partial charge in [0.05, 0.1) is 25.3 Å². The van der Waals surface area contributed by atoms with Crippen LogP contribution in [-0.4, -0.2) is 49.6 Å². The monoisotopic (exact) mass is 418 g/mol. The van der Waals surface area contributed by atoms with Gasteiger partial charge in [-0.1, -0.05) is 12.1 Å². The Morgan fingerprint density at radius 1 is 1.00 bits per heavy atom. The number of rotatable bonds is 5. The Morgan fingerprint density at radius 2 is 1.81 bits per heavy atom. The summed E-state index contributed by atoms with van der Waals surface area (Å²) in [5.41, 5.74) is 4.07. The number of aromatic nitrogens is 5. The van der Waals surface area contributed by atoms with E-state index in [-0.39, 0.29) is 0 Å². The molecule has 1 saturated heterocycles. The third kappa shape index (κ3) is 4.11. The van der Waals surface area contributed by atoms with Crippen LogP contribution >= 0.6 is 0 Å². The first-order valence-electron chi connectivity index (χ1n) is 10.4. The molecule has 7 nitrogen and oxygen atoms in total. The van der Waals surface area contributed by atoms with Crippen LogP contribution in [0.2, 0.25) is 0 Å². The first-order valence-corrected chi connectivity index (χ1v) is 10.4. The van der Waals surface area contributed by atoms with Crippen LogP contribution in [0.5, 0.6) is 5.75 Å². The van der Waals surface area contributed by atoms with E-state index in [2.05, 4.69) is 36.6 Å². The number of likely N-dealkylation sites (tertiary alicyclic amines) is 1. The second-order valence-corrected chi connectivity index (χ2v) is 7.78. The van der Waals surface area contributed by atoms with E-state index in [9.17, 15) is 4.39 Å². The highest BCUT2D eigenvalue weighted by Gasteiger charge is 2.23. The number of ether oxygens (including phenoxy) is 1. The molecule has 1 aromatic carbocycles. The van der Waals surface area contributed by atoms with Crippen molar-refractivity contribution in [3.63, 3.8) is 0 Å². The normalized spacial score (nSPS) is 15.4. The van der Waals surface area contributed by atoms with Crippen LogP contribution in [0.3, 0.4) is 0 Å². The Hall–Kier alpha value is -3.39. The van der Waals surface area contributed by atoms with E-state index < -0.39 is 5.95 Å². The van der Waals surface area contributed by atoms with Gasteiger partial charge in [0.25, 0.3) is 0 Å². The van der Waals surface area contributed by atoms with Gasteiger partial charge in [-0.3, -0.25) is 4.90 Å². The highest BCUT2D eigenvalue weighted by molar-refractivity contribution is 5.70. The highest BCUT2D eigenvalue weighted by Crippen LogP contribution is 2.27. The first kappa shape index (κ1) is 19.6. The molecule has 3 aromatic heterocycles. The summed E-state index contributed by atoms with van der Waals surface area (Å²) in [5, 5.41) is 0. The van der Waals surface area contributed by atoms with Crippen LogP contribution < -0.4 is 4.74 Å². The SMILES string of the molecule is COc1ccc(CN2CCC(n3cnc4ncc(-c5ccc(F)nc5)nc43)CC2)cc1. The number of hydrogen-bond donors (Lipinski definition) is 0. The van der Waals surface area contributed by atoms with E-state index in [1.54, 1.807) is 19.4 Å². The van der Waals surface area contributed by atoms with Crippen molar-refractivity contribution < 1.29 is 9.13 Å². The molecule has 158 valence electrons. The van der Waals surface area contributed by atoms with E-state index in [1.807, 2.05) is 18.5 Å². The van der Waals surface area contributed by atoms with Gasteiger partial charge in [0, 0.05) is 37.4 Å². The highest BCUT2D eigenvalue weighted by atomic mass is 19.1. The Balaban J connectivity index is 1.30. The fourth-order valence-corrected chi connectivity index (χ4v) is 4.09. The Morgan fingerprint density at radius 3 is 2.52 bits per heavy atom. The minimum absolute atomic E-state index is 0.327. The van der Waals surface area contributed by atoms with Crippen molar-refractivity contribution in [3.8, 4) is 17.0 Å². The summed E-state index contributed by atoms with van der Waals surface area (Å²) in [6, 6.07) is 11.6. The molecule has 0 atom stereocenters. The Labute approximate surface area is 179 Å². The minimum atomic E-state index is -0.510. The summed E-state index contributed by atoms with van der Waals surface area (Å²) in [4.78, 5) is 19.8. The molecule has 1 aliphatic rings. The van der Waals surface area contributed by atoms with Crippen molar-refractivity contribution in [1.29, 1.82) is 0 Å². The molecule has 31 heavy (non-hydrogen) atoms. The molecule has 0 N–H and O–H groups in total. The average Bonchev–Trinajstić information content (AvgIpc) is 3.24. The molecular weight excluding hydrogens is 395 g/mol. The van der Waals surface area contributed by atoms with Gasteiger partial charge in [-0.2, -0.15) is 4.39 Å². The third-order valence-electron chi connectivity index (χ3n) is 5.82. The second-order valence-electron chi connectivity index (χ2n) is 7.78. The zero-order valence-electron chi connectivity index (χ0n) is 17.3. The van der Waals surface area contributed by atoms with E-state index >= 15 is 0 Å². The molecular formula is C23H23FN6O. The van der Waals surface area contributed by atoms with Crippen LogP contribution in [-0.2, 0) is 6.54 Å². The van der Waals surface area contributed by atoms with Crippen molar-refractivity contribution in [2.75, 3.05) is 20.2 Å². The summed E-state index contributed by atoms with van der Waals surface area (Å²) in [6.07, 6.45) is 7.01. The molecule has 0 unspecified atom stereocenters. The standard InChI is InChI=1S/C23H23FN6O/c1-31-19-5-2-16(3-6-19)14-29-10-8-18(9-11-29)30-15-27-22-23(30)28-20(13-26-22)17-4-7-21(24)25-12-17/h2-7,12-13,15,18H,8-11,14H2,1H3. The number of hydrogen-bond acceptors (Lipinski definition) is 6. The number of methoxy groups -OCH3 is 1. The van der Waals surface area contributed by atoms with Crippen molar-refractivity contribution in [3.05, 3.63) is 66.6 Å². The number of fused-ring (bicyclic) bond motifs is 1. The van der Waals surface area contributed by atoms with Gasteiger partial charge in [-0.15, -0.1) is 0 Å². The van der Waals surface area contributed by atoms with Crippen LogP contribution in [0.4, 0.5) is 4.39 Å². The van der Waals surface area contributed by atoms with Gasteiger partial charge in [0.15, 0.2) is 11.3 Å². The molecule has 1 aliphatic heterocycles. The molecule has 0 radical (unpaired) electrons. The van der Waals surface area contributed by atoms with E-state index in [4.69, 9.17) is 9.72 Å². The van der Waals surface area contributed by atoms with Crippen molar-refractivity contribution >= 4 is 11.3 Å². The molecule has 1 fully saturated rings. The second kappa shape index (κ2) is 8.39. The van der Waals surface area contributed by atoms with Gasteiger partial charge in [-0.05, 0) is 42.7 Å². The first-order chi connectivity index (χ1) is 15.2. The largest absolute Gasteiger partial charge is 0.497 e. The van der Waals surface area contributed by atoms with Gasteiger partial charge in [0.2, 0.25) is 5.95 Å². The van der Waals surface area contributed by atoms with E-state index in [0.29, 0.717) is 17.4 Å². The van der Waals surface area contributed by atoms with Gasteiger partial charge < -0.3 is 9.30 Å². The fourth-order valence-electron chi connectivity index (χ4n) is 4.09. The van der Waals surface area contributed by atoms with Gasteiger partial charge in [-0.25, -0.2) is 19.9 Å². The van der Waals surface area contributed by atoms with E-state index in [1.165, 1.54) is 17.8 Å². The molecule has 5 rings (SSSR count). The molecule has 0 bridgehead atoms. The molecule has 4 heterocycles. The number of halogens is 1. The summed E-state index contributed by atoms with van der Waals surface area (Å²) < 4.78 is 20.5. The lowest BCUT2D eigenvalue weighted by atomic mass is 10.0. The number of pyridine rings is 1. The predicted molar refractivity (Wildman–Crippen MR) is 115 cm³/mol. The zero-order chi connectivity index (χ0) is 21.2. The minimum Gasteiger partial charge on any atom is -0.497 e. The van der Waals surface area contributed by atoms with Crippen molar-refractivity contribution in [1.82, 2.24) is 29.4 Å². The lowest BCUT2D eigenvalue weighted by molar-refractivity contribution is 0.181. The quantitative estimate of drug-likeness (QED) is 0.458. The third-order valence-corrected chi connectivity index (χ3v) is 5.82. The average molecular weight is 418 g/mol. The van der Waals surface area contributed by atoms with Crippen LogP contribution in [0, 0.1) is 5.95 Å². The van der Waals surface area contributed by atoms with E-state index in [0.717, 1.165) is 49.4 Å².